The molecule has 1 amide bonds. The number of hydrazine groups is 1. The van der Waals surface area contributed by atoms with Crippen LogP contribution in [0.5, 0.6) is 0 Å². The first-order chi connectivity index (χ1) is 7.19. The minimum absolute atomic E-state index is 0. The van der Waals surface area contributed by atoms with Crippen LogP contribution in [0.15, 0.2) is 5.28 Å². The van der Waals surface area contributed by atoms with Gasteiger partial charge < -0.3 is 20.1 Å². The van der Waals surface area contributed by atoms with Gasteiger partial charge in [-0.1, -0.05) is 0 Å². The number of piperazine rings is 1. The van der Waals surface area contributed by atoms with E-state index in [2.05, 4.69) is 5.28 Å². The van der Waals surface area contributed by atoms with Crippen molar-refractivity contribution in [2.75, 3.05) is 32.8 Å². The van der Waals surface area contributed by atoms with Crippen molar-refractivity contribution in [3.05, 3.63) is 10.4 Å². The molecule has 0 bridgehead atoms. The first-order valence-corrected chi connectivity index (χ1v) is 4.66. The van der Waals surface area contributed by atoms with E-state index in [1.165, 1.54) is 9.91 Å². The number of nitrogens with zero attached hydrogens (tertiary/aromatic N) is 4. The van der Waals surface area contributed by atoms with Gasteiger partial charge in [0.25, 0.3) is 0 Å². The molecule has 0 radical (unpaired) electrons. The van der Waals surface area contributed by atoms with Crippen molar-refractivity contribution in [1.29, 1.82) is 0 Å². The average molecular weight is 240 g/mol. The van der Waals surface area contributed by atoms with Crippen molar-refractivity contribution in [2.24, 2.45) is 5.28 Å². The van der Waals surface area contributed by atoms with Crippen LogP contribution in [0, 0.1) is 10.4 Å². The summed E-state index contributed by atoms with van der Waals surface area (Å²) in [5.74, 6) is 0. The van der Waals surface area contributed by atoms with Gasteiger partial charge in [0.2, 0.25) is 0 Å². The summed E-state index contributed by atoms with van der Waals surface area (Å²) in [7, 11) is 0. The Bertz CT molecular complexity index is 255. The molecule has 16 heavy (non-hydrogen) atoms. The third-order valence-corrected chi connectivity index (χ3v) is 2.09. The van der Waals surface area contributed by atoms with E-state index in [0.717, 1.165) is 0 Å². The minimum Gasteiger partial charge on any atom is -0.737 e. The van der Waals surface area contributed by atoms with Gasteiger partial charge in [-0.3, -0.25) is 0 Å². The van der Waals surface area contributed by atoms with Crippen LogP contribution in [0.3, 0.4) is 0 Å². The molecule has 0 aromatic rings. The summed E-state index contributed by atoms with van der Waals surface area (Å²) in [5, 5.41) is 24.2. The van der Waals surface area contributed by atoms with Gasteiger partial charge in [0.1, 0.15) is 0 Å². The summed E-state index contributed by atoms with van der Waals surface area (Å²) >= 11 is 0. The van der Waals surface area contributed by atoms with Crippen LogP contribution in [0.4, 0.5) is 4.79 Å². The van der Waals surface area contributed by atoms with Crippen LogP contribution in [0.25, 0.3) is 0 Å². The van der Waals surface area contributed by atoms with E-state index in [0.29, 0.717) is 19.7 Å². The molecule has 1 fully saturated rings. The van der Waals surface area contributed by atoms with Gasteiger partial charge >= 0.3 is 35.7 Å². The van der Waals surface area contributed by atoms with Crippen LogP contribution in [-0.4, -0.2) is 53.8 Å². The third-order valence-electron chi connectivity index (χ3n) is 2.09. The molecule has 8 nitrogen and oxygen atoms in total. The zero-order chi connectivity index (χ0) is 11.3. The average Bonchev–Trinajstić information content (AvgIpc) is 2.28. The molecule has 0 unspecified atom stereocenters. The van der Waals surface area contributed by atoms with Gasteiger partial charge in [-0.2, -0.15) is 0 Å². The maximum Gasteiger partial charge on any atom is 1.00 e. The second kappa shape index (κ2) is 7.53. The Kier molecular flexibility index (Phi) is 7.18. The van der Waals surface area contributed by atoms with E-state index in [4.69, 9.17) is 4.74 Å². The normalized spacial score (nSPS) is 16.7. The van der Waals surface area contributed by atoms with Crippen LogP contribution in [0.2, 0.25) is 0 Å². The van der Waals surface area contributed by atoms with Gasteiger partial charge in [0.15, 0.2) is 0 Å². The van der Waals surface area contributed by atoms with E-state index >= 15 is 0 Å². The Hall–Kier alpha value is -0.730. The molecule has 0 aromatic carbocycles. The van der Waals surface area contributed by atoms with Gasteiger partial charge in [-0.25, -0.2) is 4.79 Å². The van der Waals surface area contributed by atoms with E-state index in [1.807, 2.05) is 0 Å². The number of hydrogen-bond acceptors (Lipinski definition) is 5. The summed E-state index contributed by atoms with van der Waals surface area (Å²) in [6.07, 6.45) is -0.395. The number of rotatable bonds is 2. The van der Waals surface area contributed by atoms with Gasteiger partial charge in [-0.05, 0) is 12.2 Å². The molecule has 0 aromatic heterocycles. The van der Waals surface area contributed by atoms with Crippen molar-refractivity contribution in [2.45, 2.75) is 6.92 Å². The largest absolute Gasteiger partial charge is 1.00 e. The molecule has 0 aliphatic carbocycles. The molecule has 1 aliphatic heterocycles. The molecule has 0 spiro atoms. The number of amides is 1. The van der Waals surface area contributed by atoms with Crippen LogP contribution in [0.1, 0.15) is 6.92 Å². The van der Waals surface area contributed by atoms with Crippen LogP contribution in [-0.2, 0) is 4.74 Å². The topological polar surface area (TPSA) is 94.3 Å². The van der Waals surface area contributed by atoms with E-state index < -0.39 is 6.09 Å². The molecule has 0 saturated carbocycles. The monoisotopic (exact) mass is 240 g/mol. The molecule has 0 N–H and O–H groups in total. The summed E-state index contributed by atoms with van der Waals surface area (Å²) in [6.45, 7) is 3.33. The zero-order valence-corrected chi connectivity index (χ0v) is 11.5. The summed E-state index contributed by atoms with van der Waals surface area (Å²) in [4.78, 5) is 12.7. The predicted molar refractivity (Wildman–Crippen MR) is 49.6 cm³/mol. The maximum absolute atomic E-state index is 11.3. The van der Waals surface area contributed by atoms with Crippen LogP contribution < -0.4 is 29.6 Å². The maximum atomic E-state index is 11.3. The molecule has 0 atom stereocenters. The molecule has 1 heterocycles. The first kappa shape index (κ1) is 15.3. The van der Waals surface area contributed by atoms with Crippen molar-refractivity contribution in [3.8, 4) is 0 Å². The number of ether oxygens (including phenoxy) is 1. The fourth-order valence-corrected chi connectivity index (χ4v) is 1.32. The second-order valence-electron chi connectivity index (χ2n) is 2.97. The second-order valence-corrected chi connectivity index (χ2v) is 2.97. The Morgan fingerprint density at radius 2 is 2.00 bits per heavy atom. The van der Waals surface area contributed by atoms with E-state index in [9.17, 15) is 15.2 Å². The standard InChI is InChI=1S/C7H14N4O4.Na/c1-2-15-7(12)9-3-5-10(6-4-9)11(14)8-13;/h13H,2-6H2,1H3;/q;+1/p-1/b11-8-;. The molecule has 1 saturated heterocycles. The zero-order valence-electron chi connectivity index (χ0n) is 9.46. The van der Waals surface area contributed by atoms with Crippen molar-refractivity contribution >= 4 is 6.09 Å². The predicted octanol–water partition coefficient (Wildman–Crippen LogP) is -2.86. The Labute approximate surface area is 115 Å². The summed E-state index contributed by atoms with van der Waals surface area (Å²) in [6, 6.07) is 0. The molecular formula is C7H13N4NaO4. The number of hydrogen-bond donors (Lipinski definition) is 0. The Morgan fingerprint density at radius 3 is 2.44 bits per heavy atom. The first-order valence-electron chi connectivity index (χ1n) is 4.66. The minimum atomic E-state index is -0.395. The van der Waals surface area contributed by atoms with Crippen LogP contribution >= 0.6 is 0 Å². The quantitative estimate of drug-likeness (QED) is 0.224. The Morgan fingerprint density at radius 1 is 1.44 bits per heavy atom. The van der Waals surface area contributed by atoms with Gasteiger partial charge in [-0.15, -0.1) is 5.01 Å². The van der Waals surface area contributed by atoms with E-state index in [1.54, 1.807) is 6.92 Å². The number of carbonyl (C=O) groups is 1. The molecule has 1 aliphatic rings. The fraction of sp³-hybridized carbons (Fsp3) is 0.857. The van der Waals surface area contributed by atoms with E-state index in [-0.39, 0.29) is 47.6 Å². The molecule has 86 valence electrons. The SMILES string of the molecule is CCOC(=O)N1CCN(/[N+]([O-])=N/[O-])CC1.[Na+]. The van der Waals surface area contributed by atoms with Crippen molar-refractivity contribution in [1.82, 2.24) is 9.91 Å². The molecule has 9 heteroatoms. The van der Waals surface area contributed by atoms with Gasteiger partial charge in [0.05, 0.1) is 19.7 Å². The fourth-order valence-electron chi connectivity index (χ4n) is 1.32. The molecular weight excluding hydrogens is 227 g/mol. The van der Waals surface area contributed by atoms with Gasteiger partial charge in [0, 0.05) is 18.1 Å². The summed E-state index contributed by atoms with van der Waals surface area (Å²) in [5.41, 5.74) is 0. The number of carbonyl (C=O) groups excluding carboxylic acids is 1. The smallest absolute Gasteiger partial charge is 0.737 e. The summed E-state index contributed by atoms with van der Waals surface area (Å²) < 4.78 is 4.79. The van der Waals surface area contributed by atoms with Crippen molar-refractivity contribution < 1.29 is 44.1 Å². The third kappa shape index (κ3) is 4.03. The Balaban J connectivity index is 0.00000225. The van der Waals surface area contributed by atoms with Crippen molar-refractivity contribution in [3.63, 3.8) is 0 Å². The molecule has 1 rings (SSSR count).